The lowest BCUT2D eigenvalue weighted by Gasteiger charge is -2.08. The first kappa shape index (κ1) is 30.2. The van der Waals surface area contributed by atoms with E-state index in [-0.39, 0.29) is 34.3 Å². The number of esters is 2. The van der Waals surface area contributed by atoms with E-state index in [4.69, 9.17) is 5.73 Å². The van der Waals surface area contributed by atoms with E-state index in [2.05, 4.69) is 9.47 Å². The minimum atomic E-state index is -0.494. The van der Waals surface area contributed by atoms with Gasteiger partial charge in [0.1, 0.15) is 0 Å². The van der Waals surface area contributed by atoms with Crippen molar-refractivity contribution in [3.8, 4) is 0 Å². The number of hydrogen-bond acceptors (Lipinski definition) is 11. The van der Waals surface area contributed by atoms with Crippen LogP contribution in [0.5, 0.6) is 0 Å². The van der Waals surface area contributed by atoms with Crippen LogP contribution < -0.4 is 16.9 Å². The van der Waals surface area contributed by atoms with Gasteiger partial charge >= 0.3 is 11.9 Å². The van der Waals surface area contributed by atoms with Crippen LogP contribution in [0.2, 0.25) is 0 Å². The number of nitro benzene ring substituents is 1. The van der Waals surface area contributed by atoms with Crippen LogP contribution in [0.15, 0.2) is 67.9 Å². The monoisotopic (exact) mass is 586 g/mol. The number of carbonyl (C=O) groups is 2. The van der Waals surface area contributed by atoms with Gasteiger partial charge < -0.3 is 24.3 Å². The zero-order valence-corrected chi connectivity index (χ0v) is 23.7. The molecule has 40 heavy (non-hydrogen) atoms. The number of non-ortho nitro benzene ring substituents is 1. The Morgan fingerprint density at radius 2 is 1.27 bits per heavy atom. The number of ether oxygens (including phenoxy) is 2. The Labute approximate surface area is 236 Å². The summed E-state index contributed by atoms with van der Waals surface area (Å²) in [5.41, 5.74) is 7.33. The molecule has 0 amide bonds. The van der Waals surface area contributed by atoms with Crippen LogP contribution in [0.4, 0.5) is 11.4 Å². The number of fused-ring (bicyclic) bond motifs is 2. The summed E-state index contributed by atoms with van der Waals surface area (Å²) in [6.07, 6.45) is 0. The summed E-state index contributed by atoms with van der Waals surface area (Å²) in [4.78, 5) is 57.7. The lowest BCUT2D eigenvalue weighted by molar-refractivity contribution is -0.384. The largest absolute Gasteiger partial charge is 0.468 e. The molecule has 0 aliphatic heterocycles. The number of nitrogen functional groups attached to an aromatic ring is 1. The molecule has 0 fully saturated rings. The van der Waals surface area contributed by atoms with Crippen molar-refractivity contribution in [2.24, 2.45) is 14.1 Å². The second kappa shape index (κ2) is 13.2. The molecule has 0 spiro atoms. The molecule has 0 saturated heterocycles. The Hall–Kier alpha value is -4.30. The van der Waals surface area contributed by atoms with Gasteiger partial charge in [-0.15, -0.1) is 23.5 Å². The van der Waals surface area contributed by atoms with Gasteiger partial charge in [-0.2, -0.15) is 0 Å². The average Bonchev–Trinajstić information content (AvgIpc) is 2.94. The van der Waals surface area contributed by atoms with Crippen molar-refractivity contribution in [2.45, 2.75) is 9.79 Å². The number of carbonyl (C=O) groups excluding carboxylic acids is 2. The Balaban J connectivity index is 0.000000222. The van der Waals surface area contributed by atoms with Crippen molar-refractivity contribution < 1.29 is 24.0 Å². The van der Waals surface area contributed by atoms with Gasteiger partial charge in [-0.1, -0.05) is 0 Å². The number of nitro groups is 1. The summed E-state index contributed by atoms with van der Waals surface area (Å²) >= 11 is 2.21. The number of methoxy groups -OCH3 is 2. The van der Waals surface area contributed by atoms with E-state index in [9.17, 15) is 29.3 Å². The standard InChI is InChI=1S/C13H12N2O5S.C13H14N2O3S/c1-14-10-4-3-9(15(18)19)5-8(10)6-11(13(14)17)21-7-12(16)20-2;1-15-10-4-3-9(14)5-8(10)6-11(13(15)17)19-7-12(16)18-2/h3-6H,7H2,1-2H3;3-6H,7,14H2,1-2H3. The summed E-state index contributed by atoms with van der Waals surface area (Å²) in [5, 5.41) is 12.2. The molecule has 2 aromatic carbocycles. The molecule has 2 heterocycles. The number of thioether (sulfide) groups is 2. The molecule has 0 aliphatic carbocycles. The van der Waals surface area contributed by atoms with Crippen molar-refractivity contribution >= 4 is 68.6 Å². The van der Waals surface area contributed by atoms with Crippen LogP contribution in [-0.2, 0) is 33.2 Å². The van der Waals surface area contributed by atoms with Crippen molar-refractivity contribution in [3.05, 3.63) is 79.4 Å². The second-order valence-electron chi connectivity index (χ2n) is 8.29. The number of nitrogens with two attached hydrogens (primary N) is 1. The maximum absolute atomic E-state index is 12.2. The molecule has 12 nitrogen and oxygen atoms in total. The Morgan fingerprint density at radius 1 is 0.825 bits per heavy atom. The fraction of sp³-hybridized carbons (Fsp3) is 0.231. The quantitative estimate of drug-likeness (QED) is 0.111. The summed E-state index contributed by atoms with van der Waals surface area (Å²) in [5.74, 6) is -0.688. The Morgan fingerprint density at radius 3 is 1.73 bits per heavy atom. The highest BCUT2D eigenvalue weighted by Gasteiger charge is 2.13. The van der Waals surface area contributed by atoms with E-state index in [0.29, 0.717) is 26.4 Å². The highest BCUT2D eigenvalue weighted by molar-refractivity contribution is 8.00. The first-order valence-electron chi connectivity index (χ1n) is 11.5. The second-order valence-corrected chi connectivity index (χ2v) is 10.3. The van der Waals surface area contributed by atoms with Gasteiger partial charge in [0.2, 0.25) is 0 Å². The van der Waals surface area contributed by atoms with E-state index < -0.39 is 10.9 Å². The smallest absolute Gasteiger partial charge is 0.315 e. The summed E-state index contributed by atoms with van der Waals surface area (Å²) < 4.78 is 12.0. The number of aryl methyl sites for hydroxylation is 2. The van der Waals surface area contributed by atoms with E-state index >= 15 is 0 Å². The Bertz CT molecular complexity index is 1730. The molecular weight excluding hydrogens is 560 g/mol. The van der Waals surface area contributed by atoms with Gasteiger partial charge in [0.05, 0.1) is 51.5 Å². The van der Waals surface area contributed by atoms with Gasteiger partial charge in [-0.05, 0) is 36.4 Å². The third-order valence-electron chi connectivity index (χ3n) is 5.75. The van der Waals surface area contributed by atoms with Gasteiger partial charge in [0.15, 0.2) is 0 Å². The maximum atomic E-state index is 12.2. The molecule has 0 aliphatic rings. The predicted octanol–water partition coefficient (Wildman–Crippen LogP) is 3.10. The van der Waals surface area contributed by atoms with Crippen molar-refractivity contribution in [1.29, 1.82) is 0 Å². The number of pyridine rings is 2. The van der Waals surface area contributed by atoms with Gasteiger partial charge in [-0.3, -0.25) is 29.3 Å². The number of aromatic nitrogens is 2. The molecule has 4 aromatic rings. The first-order chi connectivity index (χ1) is 19.0. The lowest BCUT2D eigenvalue weighted by atomic mass is 10.2. The molecule has 0 unspecified atom stereocenters. The minimum absolute atomic E-state index is 0.00612. The SMILES string of the molecule is COC(=O)CSc1cc2cc(N)ccc2n(C)c1=O.COC(=O)CSc1cc2cc([N+](=O)[O-])ccc2n(C)c1=O. The van der Waals surface area contributed by atoms with Crippen molar-refractivity contribution in [2.75, 3.05) is 31.5 Å². The van der Waals surface area contributed by atoms with Crippen LogP contribution in [0.25, 0.3) is 21.8 Å². The van der Waals surface area contributed by atoms with E-state index in [1.54, 1.807) is 49.0 Å². The minimum Gasteiger partial charge on any atom is -0.468 e. The number of anilines is 1. The Kier molecular flexibility index (Phi) is 9.96. The van der Waals surface area contributed by atoms with Gasteiger partial charge in [0.25, 0.3) is 16.8 Å². The fourth-order valence-corrected chi connectivity index (χ4v) is 5.35. The van der Waals surface area contributed by atoms with E-state index in [1.165, 1.54) is 48.7 Å². The predicted molar refractivity (Wildman–Crippen MR) is 155 cm³/mol. The van der Waals surface area contributed by atoms with Crippen LogP contribution >= 0.6 is 23.5 Å². The molecule has 2 N–H and O–H groups in total. The average molecular weight is 587 g/mol. The summed E-state index contributed by atoms with van der Waals surface area (Å²) in [6, 6.07) is 12.9. The molecule has 4 rings (SSSR count). The zero-order chi connectivity index (χ0) is 29.6. The van der Waals surface area contributed by atoms with E-state index in [0.717, 1.165) is 22.7 Å². The van der Waals surface area contributed by atoms with Crippen LogP contribution in [0.1, 0.15) is 0 Å². The van der Waals surface area contributed by atoms with Gasteiger partial charge in [-0.25, -0.2) is 0 Å². The maximum Gasteiger partial charge on any atom is 0.315 e. The molecular formula is C26H26N4O8S2. The zero-order valence-electron chi connectivity index (χ0n) is 22.0. The van der Waals surface area contributed by atoms with Crippen LogP contribution in [0, 0.1) is 10.1 Å². The fourth-order valence-electron chi connectivity index (χ4n) is 3.62. The molecule has 0 saturated carbocycles. The molecule has 2 aromatic heterocycles. The molecule has 0 bridgehead atoms. The van der Waals surface area contributed by atoms with Crippen molar-refractivity contribution in [1.82, 2.24) is 9.13 Å². The molecule has 14 heteroatoms. The number of benzene rings is 2. The van der Waals surface area contributed by atoms with Gasteiger partial charge in [0, 0.05) is 42.7 Å². The molecule has 210 valence electrons. The topological polar surface area (TPSA) is 166 Å². The summed E-state index contributed by atoms with van der Waals surface area (Å²) in [7, 11) is 5.87. The number of hydrogen-bond donors (Lipinski definition) is 1. The first-order valence-corrected chi connectivity index (χ1v) is 13.5. The third kappa shape index (κ3) is 7.01. The molecule has 0 atom stereocenters. The lowest BCUT2D eigenvalue weighted by Crippen LogP contribution is -2.19. The van der Waals surface area contributed by atoms with Crippen LogP contribution in [-0.4, -0.2) is 51.7 Å². The number of nitrogens with zero attached hydrogens (tertiary/aromatic N) is 3. The van der Waals surface area contributed by atoms with E-state index in [1.807, 2.05) is 0 Å². The third-order valence-corrected chi connectivity index (χ3v) is 7.71. The van der Waals surface area contributed by atoms with Crippen LogP contribution in [0.3, 0.4) is 0 Å². The highest BCUT2D eigenvalue weighted by atomic mass is 32.2. The normalized spacial score (nSPS) is 10.6. The van der Waals surface area contributed by atoms with Crippen molar-refractivity contribution in [3.63, 3.8) is 0 Å². The number of rotatable bonds is 7. The highest BCUT2D eigenvalue weighted by Crippen LogP contribution is 2.24. The molecule has 0 radical (unpaired) electrons. The summed E-state index contributed by atoms with van der Waals surface area (Å²) in [6.45, 7) is 0.